The number of ether oxygens (including phenoxy) is 1. The molecule has 2 fully saturated rings. The number of hydrogen-bond donors (Lipinski definition) is 2. The van der Waals surface area contributed by atoms with Crippen molar-refractivity contribution in [3.63, 3.8) is 0 Å². The van der Waals surface area contributed by atoms with Gasteiger partial charge in [0.05, 0.1) is 6.10 Å². The maximum absolute atomic E-state index is 12.0. The predicted molar refractivity (Wildman–Crippen MR) is 64.3 cm³/mol. The van der Waals surface area contributed by atoms with Crippen LogP contribution in [0.15, 0.2) is 0 Å². The van der Waals surface area contributed by atoms with E-state index in [0.29, 0.717) is 13.0 Å². The average molecular weight is 256 g/mol. The van der Waals surface area contributed by atoms with Crippen LogP contribution in [0.3, 0.4) is 0 Å². The molecule has 1 heterocycles. The van der Waals surface area contributed by atoms with Gasteiger partial charge in [0.25, 0.3) is 0 Å². The summed E-state index contributed by atoms with van der Waals surface area (Å²) < 4.78 is 5.25. The molecule has 2 rings (SSSR count). The average Bonchev–Trinajstić information content (AvgIpc) is 2.96. The molecule has 0 aromatic rings. The maximum atomic E-state index is 12.0. The highest BCUT2D eigenvalue weighted by Gasteiger charge is 2.35. The van der Waals surface area contributed by atoms with E-state index < -0.39 is 12.0 Å². The minimum Gasteiger partial charge on any atom is -0.480 e. The molecule has 6 heteroatoms. The minimum absolute atomic E-state index is 0.109. The summed E-state index contributed by atoms with van der Waals surface area (Å²) >= 11 is 0. The molecule has 1 aliphatic heterocycles. The van der Waals surface area contributed by atoms with Gasteiger partial charge in [0, 0.05) is 19.7 Å². The lowest BCUT2D eigenvalue weighted by Crippen LogP contribution is -2.48. The van der Waals surface area contributed by atoms with Crippen molar-refractivity contribution in [3.05, 3.63) is 0 Å². The van der Waals surface area contributed by atoms with Crippen molar-refractivity contribution in [1.29, 1.82) is 0 Å². The Hall–Kier alpha value is -1.30. The van der Waals surface area contributed by atoms with Crippen molar-refractivity contribution >= 4 is 12.0 Å². The number of hydrogen-bond acceptors (Lipinski definition) is 3. The number of carboxylic acid groups (broad SMARTS) is 1. The van der Waals surface area contributed by atoms with E-state index in [9.17, 15) is 9.59 Å². The van der Waals surface area contributed by atoms with Gasteiger partial charge in [0.1, 0.15) is 6.04 Å². The van der Waals surface area contributed by atoms with Gasteiger partial charge in [0.2, 0.25) is 0 Å². The van der Waals surface area contributed by atoms with Crippen LogP contribution >= 0.6 is 0 Å². The molecule has 0 aromatic heterocycles. The SMILES string of the molecule is COC1CCC(NC(=O)N2CCC[C@@H]2C(=O)O)C1. The Labute approximate surface area is 106 Å². The summed E-state index contributed by atoms with van der Waals surface area (Å²) in [6.07, 6.45) is 4.18. The molecule has 1 saturated carbocycles. The molecule has 1 saturated heterocycles. The molecule has 6 nitrogen and oxygen atoms in total. The first-order valence-corrected chi connectivity index (χ1v) is 6.44. The molecular weight excluding hydrogens is 236 g/mol. The summed E-state index contributed by atoms with van der Waals surface area (Å²) in [5.41, 5.74) is 0. The molecule has 2 amide bonds. The Morgan fingerprint density at radius 2 is 2.11 bits per heavy atom. The normalized spacial score (nSPS) is 31.6. The summed E-state index contributed by atoms with van der Waals surface area (Å²) in [7, 11) is 1.68. The number of carbonyl (C=O) groups excluding carboxylic acids is 1. The Kier molecular flexibility index (Phi) is 4.06. The van der Waals surface area contributed by atoms with E-state index in [4.69, 9.17) is 9.84 Å². The Morgan fingerprint density at radius 3 is 2.72 bits per heavy atom. The monoisotopic (exact) mass is 256 g/mol. The molecule has 0 radical (unpaired) electrons. The number of urea groups is 1. The van der Waals surface area contributed by atoms with Crippen LogP contribution in [0.5, 0.6) is 0 Å². The zero-order valence-corrected chi connectivity index (χ0v) is 10.6. The summed E-state index contributed by atoms with van der Waals surface area (Å²) in [6, 6.07) is -0.802. The molecule has 0 spiro atoms. The fraction of sp³-hybridized carbons (Fsp3) is 0.833. The number of likely N-dealkylation sites (tertiary alicyclic amines) is 1. The summed E-state index contributed by atoms with van der Waals surface area (Å²) in [4.78, 5) is 24.5. The third-order valence-electron chi connectivity index (χ3n) is 3.84. The van der Waals surface area contributed by atoms with E-state index in [1.807, 2.05) is 0 Å². The van der Waals surface area contributed by atoms with Gasteiger partial charge >= 0.3 is 12.0 Å². The molecule has 0 aromatic carbocycles. The van der Waals surface area contributed by atoms with Crippen molar-refractivity contribution in [3.8, 4) is 0 Å². The lowest BCUT2D eigenvalue weighted by molar-refractivity contribution is -0.141. The summed E-state index contributed by atoms with van der Waals surface area (Å²) in [6.45, 7) is 0.531. The first-order valence-electron chi connectivity index (χ1n) is 6.44. The number of nitrogens with zero attached hydrogens (tertiary/aromatic N) is 1. The second-order valence-corrected chi connectivity index (χ2v) is 5.01. The first kappa shape index (κ1) is 13.1. The summed E-state index contributed by atoms with van der Waals surface area (Å²) in [5.74, 6) is -0.913. The molecule has 3 atom stereocenters. The number of rotatable bonds is 3. The zero-order valence-electron chi connectivity index (χ0n) is 10.6. The number of carboxylic acids is 1. The van der Waals surface area contributed by atoms with E-state index in [2.05, 4.69) is 5.32 Å². The lowest BCUT2D eigenvalue weighted by atomic mass is 10.2. The van der Waals surface area contributed by atoms with Gasteiger partial charge in [-0.3, -0.25) is 0 Å². The fourth-order valence-corrected chi connectivity index (χ4v) is 2.81. The van der Waals surface area contributed by atoms with E-state index in [1.54, 1.807) is 7.11 Å². The number of nitrogens with one attached hydrogen (secondary N) is 1. The van der Waals surface area contributed by atoms with Crippen LogP contribution in [-0.4, -0.2) is 53.8 Å². The van der Waals surface area contributed by atoms with Crippen LogP contribution in [0.2, 0.25) is 0 Å². The molecule has 18 heavy (non-hydrogen) atoms. The van der Waals surface area contributed by atoms with Crippen LogP contribution in [0.25, 0.3) is 0 Å². The Bertz CT molecular complexity index is 334. The van der Waals surface area contributed by atoms with Crippen LogP contribution in [0.1, 0.15) is 32.1 Å². The second kappa shape index (κ2) is 5.56. The van der Waals surface area contributed by atoms with Crippen LogP contribution in [0.4, 0.5) is 4.79 Å². The molecule has 2 N–H and O–H groups in total. The molecule has 2 aliphatic rings. The highest BCUT2D eigenvalue weighted by atomic mass is 16.5. The van der Waals surface area contributed by atoms with Crippen LogP contribution in [-0.2, 0) is 9.53 Å². The smallest absolute Gasteiger partial charge is 0.326 e. The maximum Gasteiger partial charge on any atom is 0.326 e. The van der Waals surface area contributed by atoms with Gasteiger partial charge in [-0.1, -0.05) is 0 Å². The quantitative estimate of drug-likeness (QED) is 0.783. The largest absolute Gasteiger partial charge is 0.480 e. The van der Waals surface area contributed by atoms with Gasteiger partial charge in [-0.25, -0.2) is 9.59 Å². The van der Waals surface area contributed by atoms with Crippen molar-refractivity contribution in [2.24, 2.45) is 0 Å². The second-order valence-electron chi connectivity index (χ2n) is 5.01. The van der Waals surface area contributed by atoms with E-state index >= 15 is 0 Å². The molecule has 102 valence electrons. The summed E-state index contributed by atoms with van der Waals surface area (Å²) in [5, 5.41) is 11.9. The van der Waals surface area contributed by atoms with Crippen molar-refractivity contribution < 1.29 is 19.4 Å². The van der Waals surface area contributed by atoms with E-state index in [-0.39, 0.29) is 18.2 Å². The standard InChI is InChI=1S/C12H20N2O4/c1-18-9-5-4-8(7-9)13-12(17)14-6-2-3-10(14)11(15)16/h8-10H,2-7H2,1H3,(H,13,17)(H,15,16)/t8?,9?,10-/m1/s1. The lowest BCUT2D eigenvalue weighted by Gasteiger charge is -2.24. The van der Waals surface area contributed by atoms with Crippen molar-refractivity contribution in [2.75, 3.05) is 13.7 Å². The van der Waals surface area contributed by atoms with Crippen molar-refractivity contribution in [2.45, 2.75) is 50.3 Å². The number of methoxy groups -OCH3 is 1. The Morgan fingerprint density at radius 1 is 1.33 bits per heavy atom. The van der Waals surface area contributed by atoms with Gasteiger partial charge in [-0.2, -0.15) is 0 Å². The van der Waals surface area contributed by atoms with Gasteiger partial charge in [-0.15, -0.1) is 0 Å². The van der Waals surface area contributed by atoms with Crippen molar-refractivity contribution in [1.82, 2.24) is 10.2 Å². The van der Waals surface area contributed by atoms with E-state index in [1.165, 1.54) is 4.90 Å². The highest BCUT2D eigenvalue weighted by Crippen LogP contribution is 2.23. The fourth-order valence-electron chi connectivity index (χ4n) is 2.81. The van der Waals surface area contributed by atoms with E-state index in [0.717, 1.165) is 25.7 Å². The number of carbonyl (C=O) groups is 2. The third kappa shape index (κ3) is 2.75. The molecule has 0 bridgehead atoms. The van der Waals surface area contributed by atoms with Gasteiger partial charge in [0.15, 0.2) is 0 Å². The van der Waals surface area contributed by atoms with Crippen LogP contribution in [0, 0.1) is 0 Å². The molecule has 1 aliphatic carbocycles. The third-order valence-corrected chi connectivity index (χ3v) is 3.84. The first-order chi connectivity index (χ1) is 8.61. The number of aliphatic carboxylic acids is 1. The molecule has 2 unspecified atom stereocenters. The Balaban J connectivity index is 1.86. The van der Waals surface area contributed by atoms with Gasteiger partial charge < -0.3 is 20.1 Å². The number of amides is 2. The highest BCUT2D eigenvalue weighted by molar-refractivity contribution is 5.83. The van der Waals surface area contributed by atoms with Crippen LogP contribution < -0.4 is 5.32 Å². The minimum atomic E-state index is -0.913. The van der Waals surface area contributed by atoms with Gasteiger partial charge in [-0.05, 0) is 32.1 Å². The molecular formula is C12H20N2O4. The zero-order chi connectivity index (χ0) is 13.1. The topological polar surface area (TPSA) is 78.9 Å². The predicted octanol–water partition coefficient (Wildman–Crippen LogP) is 0.812.